The average Bonchev–Trinajstić information content (AvgIpc) is 2.95. The van der Waals surface area contributed by atoms with Gasteiger partial charge in [0.25, 0.3) is 0 Å². The molecule has 1 N–H and O–H groups in total. The molecule has 1 atom stereocenters. The number of hydrogen-bond donors (Lipinski definition) is 1. The van der Waals surface area contributed by atoms with Crippen molar-refractivity contribution in [2.24, 2.45) is 0 Å². The molecule has 0 spiro atoms. The number of aryl methyl sites for hydroxylation is 2. The maximum atomic E-state index is 5.44. The van der Waals surface area contributed by atoms with Crippen molar-refractivity contribution in [1.82, 2.24) is 15.1 Å². The zero-order valence-corrected chi connectivity index (χ0v) is 13.2. The van der Waals surface area contributed by atoms with Crippen LogP contribution in [0.2, 0.25) is 0 Å². The van der Waals surface area contributed by atoms with Crippen molar-refractivity contribution in [1.29, 1.82) is 0 Å². The molecule has 2 aromatic rings. The Morgan fingerprint density at radius 2 is 2.26 bits per heavy atom. The smallest absolute Gasteiger partial charge is 0.105 e. The minimum absolute atomic E-state index is 0.104. The second kappa shape index (κ2) is 6.39. The lowest BCUT2D eigenvalue weighted by Crippen LogP contribution is -2.25. The minimum Gasteiger partial charge on any atom is -0.469 e. The number of halogens is 1. The molecule has 2 aromatic heterocycles. The molecule has 0 amide bonds. The maximum absolute atomic E-state index is 5.44. The SMILES string of the molecule is CCCn1ncc(Br)c1C(NCC)c1ccoc1C. The van der Waals surface area contributed by atoms with Crippen LogP contribution in [-0.4, -0.2) is 16.3 Å². The highest BCUT2D eigenvalue weighted by Gasteiger charge is 2.23. The summed E-state index contributed by atoms with van der Waals surface area (Å²) in [6, 6.07) is 2.13. The van der Waals surface area contributed by atoms with Crippen LogP contribution in [0.15, 0.2) is 27.4 Å². The highest BCUT2D eigenvalue weighted by Crippen LogP contribution is 2.31. The predicted octanol–water partition coefficient (Wildman–Crippen LogP) is 3.66. The Labute approximate surface area is 122 Å². The third kappa shape index (κ3) is 2.92. The van der Waals surface area contributed by atoms with Crippen molar-refractivity contribution in [3.05, 3.63) is 40.0 Å². The Balaban J connectivity index is 2.44. The van der Waals surface area contributed by atoms with Crippen molar-refractivity contribution in [3.63, 3.8) is 0 Å². The van der Waals surface area contributed by atoms with Gasteiger partial charge in [-0.2, -0.15) is 5.10 Å². The zero-order chi connectivity index (χ0) is 13.8. The van der Waals surface area contributed by atoms with Gasteiger partial charge in [-0.25, -0.2) is 0 Å². The monoisotopic (exact) mass is 325 g/mol. The van der Waals surface area contributed by atoms with Crippen LogP contribution in [0.5, 0.6) is 0 Å². The molecule has 4 nitrogen and oxygen atoms in total. The molecular weight excluding hydrogens is 306 g/mol. The first kappa shape index (κ1) is 14.3. The van der Waals surface area contributed by atoms with E-state index < -0.39 is 0 Å². The minimum atomic E-state index is 0.104. The van der Waals surface area contributed by atoms with Crippen LogP contribution >= 0.6 is 15.9 Å². The van der Waals surface area contributed by atoms with E-state index >= 15 is 0 Å². The second-order valence-corrected chi connectivity index (χ2v) is 5.38. The van der Waals surface area contributed by atoms with Crippen molar-refractivity contribution < 1.29 is 4.42 Å². The quantitative estimate of drug-likeness (QED) is 0.881. The lowest BCUT2D eigenvalue weighted by atomic mass is 10.0. The van der Waals surface area contributed by atoms with Crippen molar-refractivity contribution >= 4 is 15.9 Å². The summed E-state index contributed by atoms with van der Waals surface area (Å²) in [5, 5.41) is 7.96. The summed E-state index contributed by atoms with van der Waals surface area (Å²) >= 11 is 3.61. The molecule has 0 aromatic carbocycles. The second-order valence-electron chi connectivity index (χ2n) is 4.52. The summed E-state index contributed by atoms with van der Waals surface area (Å²) in [6.07, 6.45) is 4.67. The molecular formula is C14H20BrN3O. The predicted molar refractivity (Wildman–Crippen MR) is 79.2 cm³/mol. The highest BCUT2D eigenvalue weighted by atomic mass is 79.9. The standard InChI is InChI=1S/C14H20BrN3O/c1-4-7-18-14(12(15)9-17-18)13(16-5-2)11-6-8-19-10(11)3/h6,8-9,13,16H,4-5,7H2,1-3H3. The number of hydrogen-bond acceptors (Lipinski definition) is 3. The van der Waals surface area contributed by atoms with Gasteiger partial charge in [0.05, 0.1) is 28.7 Å². The summed E-state index contributed by atoms with van der Waals surface area (Å²) < 4.78 is 8.54. The van der Waals surface area contributed by atoms with Gasteiger partial charge in [-0.15, -0.1) is 0 Å². The molecule has 0 aliphatic carbocycles. The Morgan fingerprint density at radius 1 is 1.47 bits per heavy atom. The zero-order valence-electron chi connectivity index (χ0n) is 11.6. The number of nitrogens with one attached hydrogen (secondary N) is 1. The Hall–Kier alpha value is -1.07. The molecule has 2 heterocycles. The molecule has 0 fully saturated rings. The molecule has 0 saturated heterocycles. The third-order valence-electron chi connectivity index (χ3n) is 3.16. The van der Waals surface area contributed by atoms with E-state index in [4.69, 9.17) is 4.42 Å². The Morgan fingerprint density at radius 3 is 2.84 bits per heavy atom. The fourth-order valence-electron chi connectivity index (χ4n) is 2.30. The van der Waals surface area contributed by atoms with Crippen molar-refractivity contribution in [3.8, 4) is 0 Å². The van der Waals surface area contributed by atoms with Crippen molar-refractivity contribution in [2.75, 3.05) is 6.54 Å². The normalized spacial score (nSPS) is 12.8. The molecule has 0 saturated carbocycles. The van der Waals surface area contributed by atoms with Gasteiger partial charge in [-0.05, 0) is 41.9 Å². The van der Waals surface area contributed by atoms with E-state index in [0.717, 1.165) is 35.4 Å². The van der Waals surface area contributed by atoms with Gasteiger partial charge in [0, 0.05) is 12.1 Å². The molecule has 0 aliphatic rings. The maximum Gasteiger partial charge on any atom is 0.105 e. The molecule has 0 aliphatic heterocycles. The van der Waals surface area contributed by atoms with E-state index in [2.05, 4.69) is 44.9 Å². The number of nitrogens with zero attached hydrogens (tertiary/aromatic N) is 2. The summed E-state index contributed by atoms with van der Waals surface area (Å²) in [7, 11) is 0. The summed E-state index contributed by atoms with van der Waals surface area (Å²) in [5.74, 6) is 0.946. The van der Waals surface area contributed by atoms with Gasteiger partial charge >= 0.3 is 0 Å². The van der Waals surface area contributed by atoms with Crippen LogP contribution in [-0.2, 0) is 6.54 Å². The van der Waals surface area contributed by atoms with Crippen LogP contribution in [0.3, 0.4) is 0 Å². The van der Waals surface area contributed by atoms with Crippen LogP contribution in [0, 0.1) is 6.92 Å². The van der Waals surface area contributed by atoms with Gasteiger partial charge < -0.3 is 9.73 Å². The van der Waals surface area contributed by atoms with Gasteiger partial charge in [-0.1, -0.05) is 13.8 Å². The number of aromatic nitrogens is 2. The molecule has 5 heteroatoms. The van der Waals surface area contributed by atoms with Gasteiger partial charge in [0.1, 0.15) is 5.76 Å². The van der Waals surface area contributed by atoms with E-state index in [0.29, 0.717) is 0 Å². The van der Waals surface area contributed by atoms with Crippen LogP contribution in [0.1, 0.15) is 43.3 Å². The lowest BCUT2D eigenvalue weighted by Gasteiger charge is -2.19. The average molecular weight is 326 g/mol. The van der Waals surface area contributed by atoms with Crippen LogP contribution in [0.25, 0.3) is 0 Å². The summed E-state index contributed by atoms with van der Waals surface area (Å²) in [6.45, 7) is 8.06. The summed E-state index contributed by atoms with van der Waals surface area (Å²) in [4.78, 5) is 0. The molecule has 2 rings (SSSR count). The topological polar surface area (TPSA) is 43.0 Å². The van der Waals surface area contributed by atoms with Crippen LogP contribution in [0.4, 0.5) is 0 Å². The number of furan rings is 1. The molecule has 104 valence electrons. The van der Waals surface area contributed by atoms with E-state index in [1.54, 1.807) is 6.26 Å². The molecule has 0 radical (unpaired) electrons. The first-order valence-corrected chi connectivity index (χ1v) is 7.46. The fourth-order valence-corrected chi connectivity index (χ4v) is 2.83. The van der Waals surface area contributed by atoms with Crippen LogP contribution < -0.4 is 5.32 Å². The van der Waals surface area contributed by atoms with Crippen molar-refractivity contribution in [2.45, 2.75) is 39.8 Å². The Kier molecular flexibility index (Phi) is 4.82. The van der Waals surface area contributed by atoms with Gasteiger partial charge in [-0.3, -0.25) is 4.68 Å². The largest absolute Gasteiger partial charge is 0.469 e. The Bertz CT molecular complexity index is 533. The lowest BCUT2D eigenvalue weighted by molar-refractivity contribution is 0.497. The van der Waals surface area contributed by atoms with Gasteiger partial charge in [0.15, 0.2) is 0 Å². The van der Waals surface area contributed by atoms with E-state index in [-0.39, 0.29) is 6.04 Å². The van der Waals surface area contributed by atoms with E-state index in [9.17, 15) is 0 Å². The van der Waals surface area contributed by atoms with E-state index in [1.165, 1.54) is 5.56 Å². The molecule has 0 bridgehead atoms. The third-order valence-corrected chi connectivity index (χ3v) is 3.77. The molecule has 1 unspecified atom stereocenters. The highest BCUT2D eigenvalue weighted by molar-refractivity contribution is 9.10. The summed E-state index contributed by atoms with van der Waals surface area (Å²) in [5.41, 5.74) is 2.33. The number of rotatable bonds is 6. The first-order chi connectivity index (χ1) is 9.19. The fraction of sp³-hybridized carbons (Fsp3) is 0.500. The molecule has 19 heavy (non-hydrogen) atoms. The van der Waals surface area contributed by atoms with E-state index in [1.807, 2.05) is 19.2 Å². The van der Waals surface area contributed by atoms with Gasteiger partial charge in [0.2, 0.25) is 0 Å². The first-order valence-electron chi connectivity index (χ1n) is 6.67.